The lowest BCUT2D eigenvalue weighted by Gasteiger charge is -2.11. The van der Waals surface area contributed by atoms with Crippen LogP contribution in [0.15, 0.2) is 12.1 Å². The van der Waals surface area contributed by atoms with Crippen molar-refractivity contribution in [3.8, 4) is 5.75 Å². The van der Waals surface area contributed by atoms with Gasteiger partial charge in [-0.05, 0) is 25.5 Å². The molecule has 0 aliphatic heterocycles. The zero-order valence-electron chi connectivity index (χ0n) is 8.10. The van der Waals surface area contributed by atoms with Gasteiger partial charge in [0.25, 0.3) is 0 Å². The first-order valence-electron chi connectivity index (χ1n) is 4.16. The van der Waals surface area contributed by atoms with Crippen molar-refractivity contribution in [1.82, 2.24) is 0 Å². The van der Waals surface area contributed by atoms with Crippen LogP contribution in [0.2, 0.25) is 0 Å². The molecule has 0 saturated heterocycles. The standard InChI is InChI=1S/C10H14FNO/c1-6-4-8(7(2)12)9(11)5-10(6)13-3/h4-5,7H,12H2,1-3H3. The molecule has 2 nitrogen and oxygen atoms in total. The van der Waals surface area contributed by atoms with Crippen molar-refractivity contribution in [2.75, 3.05) is 7.11 Å². The molecule has 0 spiro atoms. The first-order valence-corrected chi connectivity index (χ1v) is 4.16. The van der Waals surface area contributed by atoms with Crippen molar-refractivity contribution in [3.05, 3.63) is 29.1 Å². The Bertz CT molecular complexity index is 310. The second kappa shape index (κ2) is 3.75. The van der Waals surface area contributed by atoms with Gasteiger partial charge in [0.05, 0.1) is 7.11 Å². The smallest absolute Gasteiger partial charge is 0.131 e. The van der Waals surface area contributed by atoms with Crippen LogP contribution >= 0.6 is 0 Å². The third-order valence-corrected chi connectivity index (χ3v) is 2.00. The zero-order chi connectivity index (χ0) is 10.0. The predicted octanol–water partition coefficient (Wildman–Crippen LogP) is 2.16. The van der Waals surface area contributed by atoms with E-state index in [1.807, 2.05) is 6.92 Å². The number of rotatable bonds is 2. The highest BCUT2D eigenvalue weighted by atomic mass is 19.1. The number of methoxy groups -OCH3 is 1. The van der Waals surface area contributed by atoms with Crippen molar-refractivity contribution in [1.29, 1.82) is 0 Å². The van der Waals surface area contributed by atoms with Crippen LogP contribution in [0.25, 0.3) is 0 Å². The number of aryl methyl sites for hydroxylation is 1. The quantitative estimate of drug-likeness (QED) is 0.762. The molecule has 13 heavy (non-hydrogen) atoms. The lowest BCUT2D eigenvalue weighted by atomic mass is 10.0. The molecule has 0 radical (unpaired) electrons. The van der Waals surface area contributed by atoms with Gasteiger partial charge in [-0.3, -0.25) is 0 Å². The summed E-state index contributed by atoms with van der Waals surface area (Å²) >= 11 is 0. The highest BCUT2D eigenvalue weighted by Crippen LogP contribution is 2.24. The van der Waals surface area contributed by atoms with E-state index in [1.54, 1.807) is 13.0 Å². The van der Waals surface area contributed by atoms with Gasteiger partial charge in [0.1, 0.15) is 11.6 Å². The number of benzene rings is 1. The van der Waals surface area contributed by atoms with Crippen LogP contribution in [0.1, 0.15) is 24.1 Å². The van der Waals surface area contributed by atoms with E-state index in [1.165, 1.54) is 13.2 Å². The van der Waals surface area contributed by atoms with Crippen molar-refractivity contribution >= 4 is 0 Å². The fourth-order valence-electron chi connectivity index (χ4n) is 1.25. The van der Waals surface area contributed by atoms with Gasteiger partial charge in [0.15, 0.2) is 0 Å². The van der Waals surface area contributed by atoms with Crippen molar-refractivity contribution in [2.45, 2.75) is 19.9 Å². The number of hydrogen-bond donors (Lipinski definition) is 1. The molecule has 2 N–H and O–H groups in total. The molecule has 0 bridgehead atoms. The molecule has 0 fully saturated rings. The molecule has 1 aromatic rings. The van der Waals surface area contributed by atoms with Crippen LogP contribution in [0, 0.1) is 12.7 Å². The minimum Gasteiger partial charge on any atom is -0.496 e. The van der Waals surface area contributed by atoms with Gasteiger partial charge in [-0.1, -0.05) is 0 Å². The van der Waals surface area contributed by atoms with E-state index in [4.69, 9.17) is 10.5 Å². The van der Waals surface area contributed by atoms with Gasteiger partial charge in [0, 0.05) is 17.7 Å². The van der Waals surface area contributed by atoms with E-state index in [9.17, 15) is 4.39 Å². The van der Waals surface area contributed by atoms with E-state index in [-0.39, 0.29) is 11.9 Å². The van der Waals surface area contributed by atoms with Gasteiger partial charge < -0.3 is 10.5 Å². The molecular formula is C10H14FNO. The fraction of sp³-hybridized carbons (Fsp3) is 0.400. The maximum absolute atomic E-state index is 13.3. The molecule has 72 valence electrons. The van der Waals surface area contributed by atoms with E-state index in [2.05, 4.69) is 0 Å². The summed E-state index contributed by atoms with van der Waals surface area (Å²) in [5.74, 6) is 0.249. The average molecular weight is 183 g/mol. The number of halogens is 1. The Hall–Kier alpha value is -1.09. The van der Waals surface area contributed by atoms with Crippen LogP contribution in [0.4, 0.5) is 4.39 Å². The highest BCUT2D eigenvalue weighted by Gasteiger charge is 2.10. The first kappa shape index (κ1) is 9.99. The molecule has 0 saturated carbocycles. The summed E-state index contributed by atoms with van der Waals surface area (Å²) in [6, 6.07) is 2.80. The van der Waals surface area contributed by atoms with Crippen molar-refractivity contribution < 1.29 is 9.13 Å². The Morgan fingerprint density at radius 1 is 1.46 bits per heavy atom. The Kier molecular flexibility index (Phi) is 2.88. The highest BCUT2D eigenvalue weighted by molar-refractivity contribution is 5.38. The number of ether oxygens (including phenoxy) is 1. The fourth-order valence-corrected chi connectivity index (χ4v) is 1.25. The first-order chi connectivity index (χ1) is 6.06. The van der Waals surface area contributed by atoms with E-state index in [0.717, 1.165) is 5.56 Å². The molecule has 0 amide bonds. The van der Waals surface area contributed by atoms with Gasteiger partial charge >= 0.3 is 0 Å². The topological polar surface area (TPSA) is 35.2 Å². The van der Waals surface area contributed by atoms with E-state index in [0.29, 0.717) is 11.3 Å². The minimum atomic E-state index is -0.308. The second-order valence-corrected chi connectivity index (χ2v) is 3.13. The normalized spacial score (nSPS) is 12.7. The summed E-state index contributed by atoms with van der Waals surface area (Å²) in [7, 11) is 1.52. The lowest BCUT2D eigenvalue weighted by Crippen LogP contribution is -2.08. The molecule has 0 heterocycles. The van der Waals surface area contributed by atoms with Gasteiger partial charge in [-0.15, -0.1) is 0 Å². The Balaban J connectivity index is 3.20. The summed E-state index contributed by atoms with van der Waals surface area (Å²) in [5, 5.41) is 0. The summed E-state index contributed by atoms with van der Waals surface area (Å²) in [4.78, 5) is 0. The average Bonchev–Trinajstić information content (AvgIpc) is 2.07. The molecule has 0 aliphatic carbocycles. The van der Waals surface area contributed by atoms with Crippen molar-refractivity contribution in [3.63, 3.8) is 0 Å². The molecule has 0 aliphatic rings. The maximum Gasteiger partial charge on any atom is 0.131 e. The summed E-state index contributed by atoms with van der Waals surface area (Å²) in [6.07, 6.45) is 0. The molecular weight excluding hydrogens is 169 g/mol. The summed E-state index contributed by atoms with van der Waals surface area (Å²) in [6.45, 7) is 3.62. The van der Waals surface area contributed by atoms with Crippen LogP contribution in [0.5, 0.6) is 5.75 Å². The van der Waals surface area contributed by atoms with Crippen LogP contribution in [-0.2, 0) is 0 Å². The van der Waals surface area contributed by atoms with Crippen LogP contribution in [-0.4, -0.2) is 7.11 Å². The second-order valence-electron chi connectivity index (χ2n) is 3.13. The Morgan fingerprint density at radius 2 is 2.08 bits per heavy atom. The van der Waals surface area contributed by atoms with Crippen LogP contribution < -0.4 is 10.5 Å². The molecule has 1 rings (SSSR count). The van der Waals surface area contributed by atoms with E-state index >= 15 is 0 Å². The maximum atomic E-state index is 13.3. The van der Waals surface area contributed by atoms with E-state index < -0.39 is 0 Å². The number of nitrogens with two attached hydrogens (primary N) is 1. The molecule has 1 atom stereocenters. The number of hydrogen-bond acceptors (Lipinski definition) is 2. The largest absolute Gasteiger partial charge is 0.496 e. The summed E-state index contributed by atoms with van der Waals surface area (Å²) in [5.41, 5.74) is 7.02. The third kappa shape index (κ3) is 1.98. The minimum absolute atomic E-state index is 0.287. The summed E-state index contributed by atoms with van der Waals surface area (Å²) < 4.78 is 18.3. The molecule has 3 heteroatoms. The third-order valence-electron chi connectivity index (χ3n) is 2.00. The van der Waals surface area contributed by atoms with Gasteiger partial charge in [-0.25, -0.2) is 4.39 Å². The molecule has 1 aromatic carbocycles. The lowest BCUT2D eigenvalue weighted by molar-refractivity contribution is 0.407. The SMILES string of the molecule is COc1cc(F)c(C(C)N)cc1C. The monoisotopic (exact) mass is 183 g/mol. The Labute approximate surface area is 77.5 Å². The van der Waals surface area contributed by atoms with Gasteiger partial charge in [0.2, 0.25) is 0 Å². The zero-order valence-corrected chi connectivity index (χ0v) is 8.10. The Morgan fingerprint density at radius 3 is 2.54 bits per heavy atom. The van der Waals surface area contributed by atoms with Crippen LogP contribution in [0.3, 0.4) is 0 Å². The molecule has 0 aromatic heterocycles. The van der Waals surface area contributed by atoms with Gasteiger partial charge in [-0.2, -0.15) is 0 Å². The molecule has 1 unspecified atom stereocenters. The predicted molar refractivity (Wildman–Crippen MR) is 50.3 cm³/mol. The van der Waals surface area contributed by atoms with Crippen molar-refractivity contribution in [2.24, 2.45) is 5.73 Å².